The summed E-state index contributed by atoms with van der Waals surface area (Å²) in [5.41, 5.74) is 10.5. The molecule has 0 saturated heterocycles. The average Bonchev–Trinajstić information content (AvgIpc) is 3.43. The molecule has 4 unspecified atom stereocenters. The zero-order valence-corrected chi connectivity index (χ0v) is 20.1. The minimum atomic E-state index is 0.302. The van der Waals surface area contributed by atoms with Crippen molar-refractivity contribution in [1.82, 2.24) is 0 Å². The molecular weight excluding hydrogens is 426 g/mol. The van der Waals surface area contributed by atoms with Gasteiger partial charge < -0.3 is 15.1 Å². The fourth-order valence-corrected chi connectivity index (χ4v) is 6.14. The van der Waals surface area contributed by atoms with Gasteiger partial charge in [0.1, 0.15) is 0 Å². The van der Waals surface area contributed by atoms with Crippen LogP contribution in [0.4, 0.5) is 22.7 Å². The Morgan fingerprint density at radius 1 is 0.743 bits per heavy atom. The molecule has 7 rings (SSSR count). The molecule has 0 aromatic heterocycles. The topological polar surface area (TPSA) is 18.5 Å². The zero-order valence-electron chi connectivity index (χ0n) is 20.1. The van der Waals surface area contributed by atoms with Gasteiger partial charge in [-0.15, -0.1) is 0 Å². The highest BCUT2D eigenvalue weighted by Gasteiger charge is 2.39. The maximum atomic E-state index is 3.71. The number of benzene rings is 3. The lowest BCUT2D eigenvalue weighted by atomic mass is 9.82. The molecule has 35 heavy (non-hydrogen) atoms. The number of fused-ring (bicyclic) bond motifs is 6. The van der Waals surface area contributed by atoms with E-state index in [9.17, 15) is 0 Å². The summed E-state index contributed by atoms with van der Waals surface area (Å²) in [7, 11) is 4.21. The van der Waals surface area contributed by atoms with Crippen molar-refractivity contribution in [2.45, 2.75) is 23.9 Å². The number of anilines is 4. The van der Waals surface area contributed by atoms with Gasteiger partial charge in [0.2, 0.25) is 0 Å². The number of nitrogens with zero attached hydrogens (tertiary/aromatic N) is 2. The lowest BCUT2D eigenvalue weighted by molar-refractivity contribution is 0.738. The molecule has 3 aromatic carbocycles. The molecule has 0 fully saturated rings. The second kappa shape index (κ2) is 7.78. The fraction of sp³-hybridized carbons (Fsp3) is 0.188. The van der Waals surface area contributed by atoms with Crippen molar-refractivity contribution in [2.24, 2.45) is 0 Å². The molecule has 2 aliphatic carbocycles. The van der Waals surface area contributed by atoms with Crippen molar-refractivity contribution in [1.29, 1.82) is 0 Å². The Morgan fingerprint density at radius 2 is 1.49 bits per heavy atom. The van der Waals surface area contributed by atoms with Gasteiger partial charge in [-0.1, -0.05) is 72.9 Å². The third-order valence-corrected chi connectivity index (χ3v) is 7.88. The van der Waals surface area contributed by atoms with Crippen LogP contribution in [-0.2, 0) is 0 Å². The summed E-state index contributed by atoms with van der Waals surface area (Å²) in [4.78, 5) is 4.67. The van der Waals surface area contributed by atoms with Gasteiger partial charge in [0.05, 0.1) is 12.1 Å². The smallest absolute Gasteiger partial charge is 0.0630 e. The zero-order chi connectivity index (χ0) is 23.5. The van der Waals surface area contributed by atoms with Gasteiger partial charge in [0.25, 0.3) is 0 Å². The Kier molecular flexibility index (Phi) is 4.53. The lowest BCUT2D eigenvalue weighted by Crippen LogP contribution is -2.29. The summed E-state index contributed by atoms with van der Waals surface area (Å²) in [5, 5.41) is 3.71. The number of nitrogens with one attached hydrogen (secondary N) is 1. The SMILES string of the molecule is CN(C)c1ccc2c(c1)C1C=C(C3=CC4c5ccccc5N(c5ccccc5)C4C=C3)C=CC1N2. The van der Waals surface area contributed by atoms with E-state index in [1.807, 2.05) is 0 Å². The highest BCUT2D eigenvalue weighted by atomic mass is 15.2. The van der Waals surface area contributed by atoms with Crippen LogP contribution in [0.5, 0.6) is 0 Å². The van der Waals surface area contributed by atoms with E-state index < -0.39 is 0 Å². The number of allylic oxidation sites excluding steroid dienone is 4. The molecule has 3 aromatic rings. The van der Waals surface area contributed by atoms with E-state index in [0.29, 0.717) is 23.9 Å². The molecule has 4 aliphatic rings. The van der Waals surface area contributed by atoms with Gasteiger partial charge in [-0.05, 0) is 58.7 Å². The van der Waals surface area contributed by atoms with Crippen molar-refractivity contribution in [3.8, 4) is 0 Å². The maximum absolute atomic E-state index is 3.71. The standard InChI is InChI=1S/C32H29N3/c1-34(2)24-14-16-30-27(20-24)26-18-21(12-15-29(26)33-30)22-13-17-32-28(19-22)25-10-6-7-11-31(25)35(32)23-8-4-3-5-9-23/h3-20,26,28-29,32-33H,1-2H3. The van der Waals surface area contributed by atoms with Crippen LogP contribution >= 0.6 is 0 Å². The molecule has 3 heteroatoms. The first-order valence-corrected chi connectivity index (χ1v) is 12.5. The van der Waals surface area contributed by atoms with Crippen molar-refractivity contribution in [3.05, 3.63) is 132 Å². The monoisotopic (exact) mass is 455 g/mol. The fourth-order valence-electron chi connectivity index (χ4n) is 6.14. The largest absolute Gasteiger partial charge is 0.378 e. The Hall–Kier alpha value is -3.98. The van der Waals surface area contributed by atoms with Crippen molar-refractivity contribution < 1.29 is 0 Å². The van der Waals surface area contributed by atoms with Crippen molar-refractivity contribution in [3.63, 3.8) is 0 Å². The van der Waals surface area contributed by atoms with E-state index >= 15 is 0 Å². The predicted octanol–water partition coefficient (Wildman–Crippen LogP) is 6.93. The molecular formula is C32H29N3. The molecule has 0 spiro atoms. The predicted molar refractivity (Wildman–Crippen MR) is 147 cm³/mol. The van der Waals surface area contributed by atoms with Crippen LogP contribution in [0.25, 0.3) is 0 Å². The summed E-state index contributed by atoms with van der Waals surface area (Å²) in [6.07, 6.45) is 14.3. The Morgan fingerprint density at radius 3 is 2.31 bits per heavy atom. The second-order valence-electron chi connectivity index (χ2n) is 10.1. The summed E-state index contributed by atoms with van der Waals surface area (Å²) in [5.74, 6) is 0.696. The number of hydrogen-bond donors (Lipinski definition) is 1. The van der Waals surface area contributed by atoms with Gasteiger partial charge >= 0.3 is 0 Å². The molecule has 0 amide bonds. The number of para-hydroxylation sites is 2. The molecule has 0 saturated carbocycles. The minimum absolute atomic E-state index is 0.302. The van der Waals surface area contributed by atoms with Gasteiger partial charge in [0.15, 0.2) is 0 Å². The highest BCUT2D eigenvalue weighted by Crippen LogP contribution is 2.49. The quantitative estimate of drug-likeness (QED) is 0.462. The number of hydrogen-bond acceptors (Lipinski definition) is 3. The average molecular weight is 456 g/mol. The third-order valence-electron chi connectivity index (χ3n) is 7.88. The minimum Gasteiger partial charge on any atom is -0.378 e. The lowest BCUT2D eigenvalue weighted by Gasteiger charge is -2.30. The Labute approximate surface area is 207 Å². The van der Waals surface area contributed by atoms with Crippen molar-refractivity contribution >= 4 is 22.7 Å². The van der Waals surface area contributed by atoms with Gasteiger partial charge in [0, 0.05) is 48.7 Å². The molecule has 2 aliphatic heterocycles. The van der Waals surface area contributed by atoms with E-state index in [1.165, 1.54) is 45.0 Å². The molecule has 172 valence electrons. The second-order valence-corrected chi connectivity index (χ2v) is 10.1. The summed E-state index contributed by atoms with van der Waals surface area (Å²) in [6, 6.07) is 27.0. The molecule has 4 atom stereocenters. The Bertz CT molecular complexity index is 1430. The van der Waals surface area contributed by atoms with Gasteiger partial charge in [-0.3, -0.25) is 0 Å². The summed E-state index contributed by atoms with van der Waals surface area (Å²) in [6.45, 7) is 0. The van der Waals surface area contributed by atoms with Crippen molar-refractivity contribution in [2.75, 3.05) is 29.2 Å². The Balaban J connectivity index is 1.26. The van der Waals surface area contributed by atoms with E-state index in [-0.39, 0.29) is 0 Å². The maximum Gasteiger partial charge on any atom is 0.0630 e. The van der Waals surface area contributed by atoms with Crippen LogP contribution < -0.4 is 15.1 Å². The first-order valence-electron chi connectivity index (χ1n) is 12.5. The van der Waals surface area contributed by atoms with Crippen LogP contribution in [0.3, 0.4) is 0 Å². The van der Waals surface area contributed by atoms with Crippen LogP contribution in [0.2, 0.25) is 0 Å². The van der Waals surface area contributed by atoms with Crippen LogP contribution in [0, 0.1) is 0 Å². The van der Waals surface area contributed by atoms with Crippen LogP contribution in [0.15, 0.2) is 120 Å². The first-order chi connectivity index (χ1) is 17.2. The van der Waals surface area contributed by atoms with Gasteiger partial charge in [-0.25, -0.2) is 0 Å². The number of rotatable bonds is 3. The van der Waals surface area contributed by atoms with E-state index in [4.69, 9.17) is 0 Å². The summed E-state index contributed by atoms with van der Waals surface area (Å²) < 4.78 is 0. The normalized spacial score (nSPS) is 25.1. The van der Waals surface area contributed by atoms with E-state index in [0.717, 1.165) is 0 Å². The molecule has 0 radical (unpaired) electrons. The highest BCUT2D eigenvalue weighted by molar-refractivity contribution is 5.76. The van der Waals surface area contributed by atoms with Crippen LogP contribution in [0.1, 0.15) is 23.0 Å². The molecule has 2 heterocycles. The van der Waals surface area contributed by atoms with Crippen LogP contribution in [-0.4, -0.2) is 26.2 Å². The first kappa shape index (κ1) is 20.4. The molecule has 1 N–H and O–H groups in total. The van der Waals surface area contributed by atoms with E-state index in [1.54, 1.807) is 0 Å². The molecule has 0 bridgehead atoms. The van der Waals surface area contributed by atoms with Gasteiger partial charge in [-0.2, -0.15) is 0 Å². The van der Waals surface area contributed by atoms with E-state index in [2.05, 4.69) is 138 Å². The molecule has 3 nitrogen and oxygen atoms in total. The summed E-state index contributed by atoms with van der Waals surface area (Å²) >= 11 is 0. The third kappa shape index (κ3) is 3.19.